The van der Waals surface area contributed by atoms with Crippen molar-refractivity contribution in [3.05, 3.63) is 16.1 Å². The third-order valence-electron chi connectivity index (χ3n) is 2.69. The van der Waals surface area contributed by atoms with Crippen LogP contribution in [0.3, 0.4) is 0 Å². The summed E-state index contributed by atoms with van der Waals surface area (Å²) in [6.45, 7) is 0.885. The number of nitrogens with zero attached hydrogens (tertiary/aromatic N) is 2. The fourth-order valence-corrected chi connectivity index (χ4v) is 2.53. The maximum Gasteiger partial charge on any atom is 1.00 e. The molecule has 1 aliphatic heterocycles. The number of hydrogen-bond donors (Lipinski definition) is 1. The van der Waals surface area contributed by atoms with Gasteiger partial charge in [-0.15, -0.1) is 11.3 Å². The Morgan fingerprint density at radius 3 is 2.68 bits per heavy atom. The first-order valence-electron chi connectivity index (χ1n) is 5.18. The van der Waals surface area contributed by atoms with Crippen LogP contribution >= 0.6 is 11.3 Å². The molecule has 1 amide bonds. The average molecular weight is 316 g/mol. The van der Waals surface area contributed by atoms with E-state index in [0.29, 0.717) is 0 Å². The summed E-state index contributed by atoms with van der Waals surface area (Å²) in [5.74, 6) is -4.77. The van der Waals surface area contributed by atoms with Crippen molar-refractivity contribution in [3.63, 3.8) is 0 Å². The molecule has 0 aromatic carbocycles. The maximum atomic E-state index is 13.1. The van der Waals surface area contributed by atoms with Crippen molar-refractivity contribution < 1.29 is 76.3 Å². The van der Waals surface area contributed by atoms with Gasteiger partial charge < -0.3 is 11.4 Å². The van der Waals surface area contributed by atoms with E-state index in [4.69, 9.17) is 5.11 Å². The number of alkyl halides is 2. The van der Waals surface area contributed by atoms with E-state index in [9.17, 15) is 18.4 Å². The summed E-state index contributed by atoms with van der Waals surface area (Å²) in [6.07, 6.45) is -0.380. The number of carbonyl (C=O) groups excluding carboxylic acids is 1. The van der Waals surface area contributed by atoms with Crippen LogP contribution < -0.4 is 51.4 Å². The monoisotopic (exact) mass is 316 g/mol. The molecule has 0 aliphatic carbocycles. The van der Waals surface area contributed by atoms with Gasteiger partial charge in [-0.05, 0) is 6.92 Å². The second-order valence-electron chi connectivity index (χ2n) is 4.19. The minimum absolute atomic E-state index is 0. The Morgan fingerprint density at radius 2 is 2.26 bits per heavy atom. The van der Waals surface area contributed by atoms with Crippen LogP contribution in [0.4, 0.5) is 8.78 Å². The van der Waals surface area contributed by atoms with Gasteiger partial charge in [0.2, 0.25) is 5.01 Å². The SMILES string of the molecule is CC1CC(F)(F)CN1C(=O)c1csc(C(=O)O)n1.[H-].[K+]. The van der Waals surface area contributed by atoms with Crippen molar-refractivity contribution in [1.29, 1.82) is 0 Å². The molecule has 1 unspecified atom stereocenters. The van der Waals surface area contributed by atoms with E-state index in [1.54, 1.807) is 0 Å². The molecule has 1 N–H and O–H groups in total. The zero-order chi connectivity index (χ0) is 13.5. The number of hydrogen-bond acceptors (Lipinski definition) is 4. The van der Waals surface area contributed by atoms with Gasteiger partial charge in [0, 0.05) is 17.8 Å². The Hall–Kier alpha value is 0.0664. The number of thiazole rings is 1. The smallest absolute Gasteiger partial charge is 1.00 e. The molecule has 19 heavy (non-hydrogen) atoms. The van der Waals surface area contributed by atoms with E-state index < -0.39 is 30.4 Å². The second kappa shape index (κ2) is 6.23. The topological polar surface area (TPSA) is 70.5 Å². The molecule has 0 radical (unpaired) electrons. The van der Waals surface area contributed by atoms with Crippen molar-refractivity contribution >= 4 is 23.2 Å². The Kier molecular flexibility index (Phi) is 5.61. The summed E-state index contributed by atoms with van der Waals surface area (Å²) in [7, 11) is 0. The van der Waals surface area contributed by atoms with E-state index in [1.807, 2.05) is 0 Å². The number of aromatic nitrogens is 1. The molecule has 100 valence electrons. The van der Waals surface area contributed by atoms with Crippen LogP contribution in [0.15, 0.2) is 5.38 Å². The molecule has 1 aromatic heterocycles. The van der Waals surface area contributed by atoms with Crippen molar-refractivity contribution in [1.82, 2.24) is 9.88 Å². The summed E-state index contributed by atoms with van der Waals surface area (Å²) >= 11 is 0.800. The summed E-state index contributed by atoms with van der Waals surface area (Å²) < 4.78 is 26.3. The molecule has 1 fully saturated rings. The largest absolute Gasteiger partial charge is 1.00 e. The minimum Gasteiger partial charge on any atom is -1.00 e. The number of carboxylic acid groups (broad SMARTS) is 1. The number of carboxylic acids is 1. The molecule has 0 bridgehead atoms. The fourth-order valence-electron chi connectivity index (χ4n) is 1.90. The maximum absolute atomic E-state index is 13.1. The third-order valence-corrected chi connectivity index (χ3v) is 3.53. The van der Waals surface area contributed by atoms with Crippen LogP contribution in [-0.2, 0) is 0 Å². The molecule has 2 heterocycles. The van der Waals surface area contributed by atoms with Gasteiger partial charge in [-0.2, -0.15) is 0 Å². The normalized spacial score (nSPS) is 21.0. The molecule has 9 heteroatoms. The van der Waals surface area contributed by atoms with Crippen molar-refractivity contribution in [2.24, 2.45) is 0 Å². The van der Waals surface area contributed by atoms with Crippen molar-refractivity contribution in [3.8, 4) is 0 Å². The van der Waals surface area contributed by atoms with Gasteiger partial charge in [-0.3, -0.25) is 4.79 Å². The van der Waals surface area contributed by atoms with E-state index in [1.165, 1.54) is 12.3 Å². The zero-order valence-electron chi connectivity index (χ0n) is 11.4. The summed E-state index contributed by atoms with van der Waals surface area (Å²) in [4.78, 5) is 27.2. The molecule has 0 spiro atoms. The first-order valence-corrected chi connectivity index (χ1v) is 6.06. The first-order chi connectivity index (χ1) is 8.30. The van der Waals surface area contributed by atoms with E-state index in [-0.39, 0.29) is 69.9 Å². The summed E-state index contributed by atoms with van der Waals surface area (Å²) in [5.41, 5.74) is -0.0954. The zero-order valence-corrected chi connectivity index (χ0v) is 14.3. The van der Waals surface area contributed by atoms with Gasteiger partial charge in [-0.1, -0.05) is 0 Å². The number of halogens is 2. The quantitative estimate of drug-likeness (QED) is 0.698. The minimum atomic E-state index is -2.89. The van der Waals surface area contributed by atoms with Gasteiger partial charge in [0.15, 0.2) is 0 Å². The number of likely N-dealkylation sites (tertiary alicyclic amines) is 1. The number of carbonyl (C=O) groups is 2. The van der Waals surface area contributed by atoms with Gasteiger partial charge in [0.25, 0.3) is 11.8 Å². The molecular formula is C10H11F2KN2O3S. The predicted octanol–water partition coefficient (Wildman–Crippen LogP) is -1.17. The van der Waals surface area contributed by atoms with Crippen LogP contribution in [0.1, 0.15) is 35.1 Å². The number of amides is 1. The molecule has 0 saturated carbocycles. The van der Waals surface area contributed by atoms with Gasteiger partial charge in [-0.25, -0.2) is 18.6 Å². The van der Waals surface area contributed by atoms with Gasteiger partial charge in [0.05, 0.1) is 6.54 Å². The van der Waals surface area contributed by atoms with Crippen LogP contribution in [-0.4, -0.2) is 45.4 Å². The molecule has 1 atom stereocenters. The van der Waals surface area contributed by atoms with Gasteiger partial charge >= 0.3 is 57.4 Å². The Bertz CT molecular complexity index is 514. The molecule has 1 aromatic rings. The number of rotatable bonds is 2. The van der Waals surface area contributed by atoms with Crippen molar-refractivity contribution in [2.75, 3.05) is 6.54 Å². The van der Waals surface area contributed by atoms with Gasteiger partial charge in [0.1, 0.15) is 5.69 Å². The third kappa shape index (κ3) is 3.79. The Labute approximate surface area is 155 Å². The molecule has 1 saturated heterocycles. The van der Waals surface area contributed by atoms with Crippen LogP contribution in [0, 0.1) is 0 Å². The number of aromatic carboxylic acids is 1. The van der Waals surface area contributed by atoms with E-state index in [2.05, 4.69) is 4.98 Å². The van der Waals surface area contributed by atoms with Crippen LogP contribution in [0.25, 0.3) is 0 Å². The molecule has 2 rings (SSSR count). The Balaban J connectivity index is 0.00000180. The van der Waals surface area contributed by atoms with Crippen LogP contribution in [0.2, 0.25) is 0 Å². The summed E-state index contributed by atoms with van der Waals surface area (Å²) in [6, 6.07) is -0.581. The fraction of sp³-hybridized carbons (Fsp3) is 0.500. The Morgan fingerprint density at radius 1 is 1.63 bits per heavy atom. The average Bonchev–Trinajstić information content (AvgIpc) is 2.81. The predicted molar refractivity (Wildman–Crippen MR) is 60.2 cm³/mol. The first kappa shape index (κ1) is 17.1. The summed E-state index contributed by atoms with van der Waals surface area (Å²) in [5, 5.41) is 9.73. The molecule has 1 aliphatic rings. The van der Waals surface area contributed by atoms with Crippen molar-refractivity contribution in [2.45, 2.75) is 25.3 Å². The second-order valence-corrected chi connectivity index (χ2v) is 5.04. The molecule has 5 nitrogen and oxygen atoms in total. The standard InChI is InChI=1S/C10H10F2N2O3S.K.H/c1-5-2-10(11,12)4-14(5)8(15)6-3-18-7(13-6)9(16)17;;/h3,5H,2,4H2,1H3,(H,16,17);;/q;+1;-1. The molecular weight excluding hydrogens is 305 g/mol. The van der Waals surface area contributed by atoms with Crippen LogP contribution in [0.5, 0.6) is 0 Å². The van der Waals surface area contributed by atoms with E-state index >= 15 is 0 Å². The van der Waals surface area contributed by atoms with E-state index in [0.717, 1.165) is 16.2 Å².